The lowest BCUT2D eigenvalue weighted by molar-refractivity contribution is -0.118. The van der Waals surface area contributed by atoms with E-state index in [1.165, 1.54) is 23.5 Å². The molecule has 4 N–H and O–H groups in total. The van der Waals surface area contributed by atoms with E-state index in [0.29, 0.717) is 44.3 Å². The van der Waals surface area contributed by atoms with Crippen molar-refractivity contribution in [1.29, 1.82) is 0 Å². The molecule has 246 valence electrons. The molecule has 2 aromatic carbocycles. The Labute approximate surface area is 274 Å². The summed E-state index contributed by atoms with van der Waals surface area (Å²) >= 11 is 1.54. The van der Waals surface area contributed by atoms with Crippen molar-refractivity contribution in [2.24, 2.45) is 18.2 Å². The van der Waals surface area contributed by atoms with Gasteiger partial charge in [-0.2, -0.15) is 10.1 Å². The monoisotopic (exact) mass is 680 g/mol. The van der Waals surface area contributed by atoms with Crippen molar-refractivity contribution in [1.82, 2.24) is 25.1 Å². The van der Waals surface area contributed by atoms with Crippen LogP contribution in [0.4, 0.5) is 19.7 Å². The van der Waals surface area contributed by atoms with Crippen molar-refractivity contribution in [3.63, 3.8) is 0 Å². The van der Waals surface area contributed by atoms with Gasteiger partial charge in [-0.15, -0.1) is 0 Å². The summed E-state index contributed by atoms with van der Waals surface area (Å²) in [5, 5.41) is 9.27. The Balaban J connectivity index is 1.39. The highest BCUT2D eigenvalue weighted by atomic mass is 32.2. The molecule has 1 spiro atoms. The van der Waals surface area contributed by atoms with Crippen molar-refractivity contribution < 1.29 is 22.0 Å². The second-order valence-corrected chi connectivity index (χ2v) is 15.5. The molecule has 0 radical (unpaired) electrons. The first-order valence-corrected chi connectivity index (χ1v) is 18.0. The van der Waals surface area contributed by atoms with E-state index < -0.39 is 33.5 Å². The first kappa shape index (κ1) is 31.4. The summed E-state index contributed by atoms with van der Waals surface area (Å²) in [6.45, 7) is 3.88. The molecule has 1 atom stereocenters. The van der Waals surface area contributed by atoms with E-state index in [1.54, 1.807) is 23.9 Å². The minimum atomic E-state index is -3.62. The molecule has 0 bridgehead atoms. The van der Waals surface area contributed by atoms with Gasteiger partial charge in [-0.25, -0.2) is 22.2 Å². The summed E-state index contributed by atoms with van der Waals surface area (Å²) in [7, 11) is -1.90. The average molecular weight is 681 g/mol. The van der Waals surface area contributed by atoms with Crippen LogP contribution in [0.1, 0.15) is 36.4 Å². The molecule has 2 aliphatic rings. The third-order valence-corrected chi connectivity index (χ3v) is 10.8. The van der Waals surface area contributed by atoms with Crippen LogP contribution in [0.2, 0.25) is 0 Å². The van der Waals surface area contributed by atoms with Gasteiger partial charge in [0.25, 0.3) is 0 Å². The van der Waals surface area contributed by atoms with Gasteiger partial charge in [0.2, 0.25) is 15.9 Å². The SMILES string of the molecule is Cn1nc(NS(C)(=O)=O)c2cccc(-c3cc4sc(N5CCC6(CC5)CNC6)nc4nc3[C@H](CC(N)=O)Cc3cc(F)cc(F)c3)c21. The molecule has 0 unspecified atom stereocenters. The van der Waals surface area contributed by atoms with E-state index in [1.807, 2.05) is 12.1 Å². The molecule has 2 saturated heterocycles. The lowest BCUT2D eigenvalue weighted by Crippen LogP contribution is -2.58. The van der Waals surface area contributed by atoms with Gasteiger partial charge in [-0.1, -0.05) is 23.5 Å². The summed E-state index contributed by atoms with van der Waals surface area (Å²) in [4.78, 5) is 24.7. The van der Waals surface area contributed by atoms with Crippen molar-refractivity contribution >= 4 is 59.5 Å². The predicted octanol–water partition coefficient (Wildman–Crippen LogP) is 4.29. The van der Waals surface area contributed by atoms with Crippen LogP contribution in [0, 0.1) is 17.0 Å². The van der Waals surface area contributed by atoms with Crippen molar-refractivity contribution in [3.05, 3.63) is 65.4 Å². The first-order valence-electron chi connectivity index (χ1n) is 15.3. The first-order chi connectivity index (χ1) is 22.4. The Morgan fingerprint density at radius 2 is 1.83 bits per heavy atom. The van der Waals surface area contributed by atoms with Gasteiger partial charge in [-0.05, 0) is 54.5 Å². The van der Waals surface area contributed by atoms with Gasteiger partial charge in [0.15, 0.2) is 16.6 Å². The van der Waals surface area contributed by atoms with Crippen LogP contribution in [-0.4, -0.2) is 66.5 Å². The van der Waals surface area contributed by atoms with Gasteiger partial charge in [0, 0.05) is 68.1 Å². The van der Waals surface area contributed by atoms with E-state index in [9.17, 15) is 22.0 Å². The number of sulfonamides is 1. The number of anilines is 2. The van der Waals surface area contributed by atoms with E-state index in [0.717, 1.165) is 61.2 Å². The summed E-state index contributed by atoms with van der Waals surface area (Å²) in [5.74, 6) is -2.52. The number of primary amides is 1. The zero-order valence-electron chi connectivity index (χ0n) is 25.9. The highest BCUT2D eigenvalue weighted by Crippen LogP contribution is 2.42. The number of halogens is 2. The number of fused-ring (bicyclic) bond motifs is 2. The molecule has 2 fully saturated rings. The number of piperidine rings is 1. The summed E-state index contributed by atoms with van der Waals surface area (Å²) < 4.78 is 57.7. The molecular formula is C32H34F2N8O3S2. The fourth-order valence-electron chi connectivity index (χ4n) is 6.86. The highest BCUT2D eigenvalue weighted by Gasteiger charge is 2.40. The maximum absolute atomic E-state index is 14.3. The molecule has 2 aliphatic heterocycles. The van der Waals surface area contributed by atoms with Gasteiger partial charge in [0.05, 0.1) is 22.2 Å². The molecule has 5 heterocycles. The van der Waals surface area contributed by atoms with Crippen LogP contribution >= 0.6 is 11.3 Å². The van der Waals surface area contributed by atoms with E-state index >= 15 is 0 Å². The number of pyridine rings is 1. The maximum Gasteiger partial charge on any atom is 0.231 e. The Morgan fingerprint density at radius 1 is 1.11 bits per heavy atom. The number of para-hydroxylation sites is 1. The number of nitrogens with one attached hydrogen (secondary N) is 2. The predicted molar refractivity (Wildman–Crippen MR) is 179 cm³/mol. The Kier molecular flexibility index (Phi) is 7.88. The van der Waals surface area contributed by atoms with Crippen molar-refractivity contribution in [2.75, 3.05) is 42.1 Å². The lowest BCUT2D eigenvalue weighted by atomic mass is 9.73. The summed E-state index contributed by atoms with van der Waals surface area (Å²) in [6, 6.07) is 10.7. The number of hydrogen-bond donors (Lipinski definition) is 3. The fourth-order valence-corrected chi connectivity index (χ4v) is 8.36. The number of carbonyl (C=O) groups excluding carboxylic acids is 1. The van der Waals surface area contributed by atoms with Gasteiger partial charge < -0.3 is 16.0 Å². The molecule has 0 aliphatic carbocycles. The number of aryl methyl sites for hydroxylation is 1. The Morgan fingerprint density at radius 3 is 2.47 bits per heavy atom. The topological polar surface area (TPSA) is 148 Å². The third-order valence-electron chi connectivity index (χ3n) is 9.17. The standard InChI is InChI=1S/C32H34F2N8O3S2/c1-41-28-22(4-3-5-23(28)29(39-41)40-47(2,44)45)24-15-25-30(38-31(46-25)42-8-6-32(7-9-42)16-36-17-32)37-27(24)19(13-26(35)43)10-18-11-20(33)14-21(34)12-18/h3-5,11-12,14-15,19,36H,6-10,13,16-17H2,1-2H3,(H2,35,43)(H,39,40)/t19-/m0/s1. The molecule has 7 rings (SSSR count). The van der Waals surface area contributed by atoms with E-state index in [-0.39, 0.29) is 18.7 Å². The molecule has 1 amide bonds. The minimum absolute atomic E-state index is 0.0879. The normalized spacial score (nSPS) is 16.9. The Hall–Kier alpha value is -4.21. The van der Waals surface area contributed by atoms with Crippen LogP contribution < -0.4 is 20.7 Å². The number of thiazole rings is 1. The average Bonchev–Trinajstić information content (AvgIpc) is 3.54. The molecular weight excluding hydrogens is 647 g/mol. The van der Waals surface area contributed by atoms with Crippen molar-refractivity contribution in [2.45, 2.75) is 31.6 Å². The zero-order chi connectivity index (χ0) is 33.1. The lowest BCUT2D eigenvalue weighted by Gasteiger charge is -2.48. The Bertz CT molecular complexity index is 2110. The van der Waals surface area contributed by atoms with E-state index in [2.05, 4.69) is 20.0 Å². The van der Waals surface area contributed by atoms with Crippen molar-refractivity contribution in [3.8, 4) is 11.1 Å². The molecule has 15 heteroatoms. The van der Waals surface area contributed by atoms with Crippen LogP contribution in [0.5, 0.6) is 0 Å². The largest absolute Gasteiger partial charge is 0.370 e. The van der Waals surface area contributed by atoms with Crippen LogP contribution in [-0.2, 0) is 28.3 Å². The minimum Gasteiger partial charge on any atom is -0.370 e. The maximum atomic E-state index is 14.3. The van der Waals surface area contributed by atoms with E-state index in [4.69, 9.17) is 15.7 Å². The molecule has 5 aromatic rings. The summed E-state index contributed by atoms with van der Waals surface area (Å²) in [6.07, 6.45) is 3.17. The number of nitrogens with zero attached hydrogens (tertiary/aromatic N) is 5. The van der Waals surface area contributed by atoms with Gasteiger partial charge >= 0.3 is 0 Å². The van der Waals surface area contributed by atoms with Crippen LogP contribution in [0.25, 0.3) is 32.4 Å². The van der Waals surface area contributed by atoms with Crippen LogP contribution in [0.3, 0.4) is 0 Å². The van der Waals surface area contributed by atoms with Gasteiger partial charge in [-0.3, -0.25) is 14.2 Å². The number of rotatable bonds is 9. The van der Waals surface area contributed by atoms with Crippen LogP contribution in [0.15, 0.2) is 42.5 Å². The zero-order valence-corrected chi connectivity index (χ0v) is 27.5. The third kappa shape index (κ3) is 6.26. The molecule has 11 nitrogen and oxygen atoms in total. The summed E-state index contributed by atoms with van der Waals surface area (Å²) in [5.41, 5.74) is 9.45. The molecule has 47 heavy (non-hydrogen) atoms. The number of amides is 1. The quantitative estimate of drug-likeness (QED) is 0.209. The number of aromatic nitrogens is 4. The fraction of sp³-hybridized carbons (Fsp3) is 0.375. The number of carbonyl (C=O) groups is 1. The number of nitrogens with two attached hydrogens (primary N) is 1. The second kappa shape index (κ2) is 11.8. The molecule has 0 saturated carbocycles. The van der Waals surface area contributed by atoms with Gasteiger partial charge in [0.1, 0.15) is 11.6 Å². The smallest absolute Gasteiger partial charge is 0.231 e. The second-order valence-electron chi connectivity index (χ2n) is 12.7. The highest BCUT2D eigenvalue weighted by molar-refractivity contribution is 7.92. The molecule has 3 aromatic heterocycles. The number of hydrogen-bond acceptors (Lipinski definition) is 9. The number of benzene rings is 2.